The van der Waals surface area contributed by atoms with Gasteiger partial charge in [-0.05, 0) is 42.1 Å². The molecule has 0 amide bonds. The van der Waals surface area contributed by atoms with E-state index < -0.39 is 6.36 Å². The van der Waals surface area contributed by atoms with Crippen molar-refractivity contribution in [2.45, 2.75) is 13.3 Å². The first-order valence-electron chi connectivity index (χ1n) is 5.29. The highest BCUT2D eigenvalue weighted by molar-refractivity contribution is 7.13. The van der Waals surface area contributed by atoms with Gasteiger partial charge in [0.15, 0.2) is 0 Å². The summed E-state index contributed by atoms with van der Waals surface area (Å²) in [5.41, 5.74) is 1.50. The number of aryl methyl sites for hydroxylation is 1. The molecular weight excluding hydrogens is 277 g/mol. The maximum absolute atomic E-state index is 12.3. The maximum atomic E-state index is 12.3. The summed E-state index contributed by atoms with van der Waals surface area (Å²) in [6.45, 7) is 1.84. The van der Waals surface area contributed by atoms with Gasteiger partial charge in [0.2, 0.25) is 0 Å². The summed E-state index contributed by atoms with van der Waals surface area (Å²) < 4.78 is 41.0. The zero-order valence-corrected chi connectivity index (χ0v) is 10.6. The number of carbonyl (C=O) groups is 1. The Morgan fingerprint density at radius 2 is 2.00 bits per heavy atom. The van der Waals surface area contributed by atoms with Gasteiger partial charge in [0, 0.05) is 16.0 Å². The summed E-state index contributed by atoms with van der Waals surface area (Å²) in [6, 6.07) is 5.58. The molecule has 2 nitrogen and oxygen atoms in total. The van der Waals surface area contributed by atoms with Gasteiger partial charge in [-0.3, -0.25) is 4.79 Å². The molecule has 2 rings (SSSR count). The average Bonchev–Trinajstić information content (AvgIpc) is 2.74. The standard InChI is InChI=1S/C13H9F3O2S/c1-8-4-12(19-7-8)10-5-9(6-17)2-3-11(10)18-13(14,15)16/h2-7H,1H3. The van der Waals surface area contributed by atoms with Crippen LogP contribution in [0.3, 0.4) is 0 Å². The first-order valence-corrected chi connectivity index (χ1v) is 6.17. The van der Waals surface area contributed by atoms with Crippen molar-refractivity contribution in [3.63, 3.8) is 0 Å². The third kappa shape index (κ3) is 3.35. The number of hydrogen-bond donors (Lipinski definition) is 0. The highest BCUT2D eigenvalue weighted by atomic mass is 32.1. The molecular formula is C13H9F3O2S. The van der Waals surface area contributed by atoms with Crippen molar-refractivity contribution in [3.8, 4) is 16.2 Å². The van der Waals surface area contributed by atoms with E-state index >= 15 is 0 Å². The van der Waals surface area contributed by atoms with Crippen molar-refractivity contribution in [2.24, 2.45) is 0 Å². The molecule has 1 heterocycles. The van der Waals surface area contributed by atoms with Crippen molar-refractivity contribution in [1.29, 1.82) is 0 Å². The summed E-state index contributed by atoms with van der Waals surface area (Å²) >= 11 is 1.30. The fourth-order valence-corrected chi connectivity index (χ4v) is 2.52. The quantitative estimate of drug-likeness (QED) is 0.780. The summed E-state index contributed by atoms with van der Waals surface area (Å²) in [6.07, 6.45) is -4.18. The Morgan fingerprint density at radius 1 is 1.26 bits per heavy atom. The second-order valence-corrected chi connectivity index (χ2v) is 4.82. The summed E-state index contributed by atoms with van der Waals surface area (Å²) in [7, 11) is 0. The molecule has 1 aromatic carbocycles. The number of benzene rings is 1. The third-order valence-corrected chi connectivity index (χ3v) is 3.44. The fourth-order valence-electron chi connectivity index (χ4n) is 1.60. The van der Waals surface area contributed by atoms with E-state index in [2.05, 4.69) is 4.74 Å². The van der Waals surface area contributed by atoms with Crippen LogP contribution in [0.2, 0.25) is 0 Å². The van der Waals surface area contributed by atoms with E-state index in [1.165, 1.54) is 23.5 Å². The summed E-state index contributed by atoms with van der Waals surface area (Å²) in [5, 5.41) is 1.82. The number of alkyl halides is 3. The van der Waals surface area contributed by atoms with Crippen LogP contribution in [0, 0.1) is 6.92 Å². The molecule has 0 aliphatic carbocycles. The highest BCUT2D eigenvalue weighted by Crippen LogP contribution is 2.37. The van der Waals surface area contributed by atoms with Gasteiger partial charge in [0.1, 0.15) is 12.0 Å². The number of rotatable bonds is 3. The molecule has 0 saturated heterocycles. The molecule has 0 spiro atoms. The first-order chi connectivity index (χ1) is 8.89. The Balaban J connectivity index is 2.51. The molecule has 0 saturated carbocycles. The van der Waals surface area contributed by atoms with Gasteiger partial charge in [0.25, 0.3) is 0 Å². The van der Waals surface area contributed by atoms with Gasteiger partial charge in [-0.1, -0.05) is 0 Å². The molecule has 100 valence electrons. The minimum absolute atomic E-state index is 0.264. The lowest BCUT2D eigenvalue weighted by Gasteiger charge is -2.12. The van der Waals surface area contributed by atoms with Crippen LogP contribution in [0.1, 0.15) is 15.9 Å². The summed E-state index contributed by atoms with van der Waals surface area (Å²) in [5.74, 6) is -0.306. The lowest BCUT2D eigenvalue weighted by molar-refractivity contribution is -0.274. The van der Waals surface area contributed by atoms with Gasteiger partial charge >= 0.3 is 6.36 Å². The number of hydrogen-bond acceptors (Lipinski definition) is 3. The summed E-state index contributed by atoms with van der Waals surface area (Å²) in [4.78, 5) is 11.4. The molecule has 19 heavy (non-hydrogen) atoms. The molecule has 1 aromatic heterocycles. The van der Waals surface area contributed by atoms with E-state index in [0.29, 0.717) is 16.7 Å². The molecule has 0 fully saturated rings. The van der Waals surface area contributed by atoms with Gasteiger partial charge in [-0.2, -0.15) is 0 Å². The molecule has 2 aromatic rings. The molecule has 0 aliphatic heterocycles. The number of thiophene rings is 1. The predicted octanol–water partition coefficient (Wildman–Crippen LogP) is 4.43. The minimum Gasteiger partial charge on any atom is -0.405 e. The molecule has 0 unspecified atom stereocenters. The normalized spacial score (nSPS) is 11.4. The van der Waals surface area contributed by atoms with E-state index in [1.54, 1.807) is 6.07 Å². The molecule has 0 N–H and O–H groups in total. The maximum Gasteiger partial charge on any atom is 0.573 e. The number of ether oxygens (including phenoxy) is 1. The van der Waals surface area contributed by atoms with E-state index in [-0.39, 0.29) is 11.3 Å². The van der Waals surface area contributed by atoms with Crippen LogP contribution in [0.15, 0.2) is 29.6 Å². The predicted molar refractivity (Wildman–Crippen MR) is 66.6 cm³/mol. The van der Waals surface area contributed by atoms with Crippen LogP contribution in [-0.2, 0) is 0 Å². The van der Waals surface area contributed by atoms with Crippen LogP contribution in [0.4, 0.5) is 13.2 Å². The van der Waals surface area contributed by atoms with E-state index in [4.69, 9.17) is 0 Å². The van der Waals surface area contributed by atoms with Gasteiger partial charge in [-0.25, -0.2) is 0 Å². The Hall–Kier alpha value is -1.82. The SMILES string of the molecule is Cc1csc(-c2cc(C=O)ccc2OC(F)(F)F)c1. The topological polar surface area (TPSA) is 26.3 Å². The Morgan fingerprint density at radius 3 is 2.53 bits per heavy atom. The number of halogens is 3. The van der Waals surface area contributed by atoms with Crippen LogP contribution in [0.25, 0.3) is 10.4 Å². The lowest BCUT2D eigenvalue weighted by atomic mass is 10.1. The van der Waals surface area contributed by atoms with Crippen LogP contribution in [0.5, 0.6) is 5.75 Å². The van der Waals surface area contributed by atoms with Gasteiger partial charge < -0.3 is 4.74 Å². The number of aldehydes is 1. The van der Waals surface area contributed by atoms with Gasteiger partial charge in [0.05, 0.1) is 0 Å². The van der Waals surface area contributed by atoms with Crippen molar-refractivity contribution < 1.29 is 22.7 Å². The van der Waals surface area contributed by atoms with Gasteiger partial charge in [-0.15, -0.1) is 24.5 Å². The zero-order valence-electron chi connectivity index (χ0n) is 9.82. The van der Waals surface area contributed by atoms with Crippen molar-refractivity contribution >= 4 is 17.6 Å². The third-order valence-electron chi connectivity index (χ3n) is 2.36. The smallest absolute Gasteiger partial charge is 0.405 e. The number of carbonyl (C=O) groups excluding carboxylic acids is 1. The second kappa shape index (κ2) is 5.05. The van der Waals surface area contributed by atoms with Crippen LogP contribution in [-0.4, -0.2) is 12.6 Å². The minimum atomic E-state index is -4.76. The first kappa shape index (κ1) is 13.6. The fraction of sp³-hybridized carbons (Fsp3) is 0.154. The van der Waals surface area contributed by atoms with Crippen LogP contribution >= 0.6 is 11.3 Å². The largest absolute Gasteiger partial charge is 0.573 e. The van der Waals surface area contributed by atoms with E-state index in [1.807, 2.05) is 12.3 Å². The lowest BCUT2D eigenvalue weighted by Crippen LogP contribution is -2.17. The molecule has 6 heteroatoms. The highest BCUT2D eigenvalue weighted by Gasteiger charge is 2.32. The molecule has 0 radical (unpaired) electrons. The monoisotopic (exact) mass is 286 g/mol. The Labute approximate surface area is 111 Å². The van der Waals surface area contributed by atoms with Crippen molar-refractivity contribution in [1.82, 2.24) is 0 Å². The Bertz CT molecular complexity index is 602. The Kier molecular flexibility index (Phi) is 3.61. The average molecular weight is 286 g/mol. The van der Waals surface area contributed by atoms with E-state index in [0.717, 1.165) is 11.6 Å². The zero-order chi connectivity index (χ0) is 14.0. The van der Waals surface area contributed by atoms with Crippen LogP contribution < -0.4 is 4.74 Å². The second-order valence-electron chi connectivity index (χ2n) is 3.91. The van der Waals surface area contributed by atoms with E-state index in [9.17, 15) is 18.0 Å². The molecule has 0 aliphatic rings. The molecule has 0 bridgehead atoms. The van der Waals surface area contributed by atoms with Crippen molar-refractivity contribution in [2.75, 3.05) is 0 Å². The van der Waals surface area contributed by atoms with Crippen molar-refractivity contribution in [3.05, 3.63) is 40.8 Å². The molecule has 0 atom stereocenters.